The molecule has 0 saturated heterocycles. The zero-order valence-electron chi connectivity index (χ0n) is 14.3. The Labute approximate surface area is 158 Å². The van der Waals surface area contributed by atoms with Crippen LogP contribution >= 0.6 is 11.8 Å². The van der Waals surface area contributed by atoms with E-state index in [9.17, 15) is 19.7 Å². The van der Waals surface area contributed by atoms with Crippen LogP contribution < -0.4 is 0 Å². The first-order valence-electron chi connectivity index (χ1n) is 8.61. The van der Waals surface area contributed by atoms with Crippen LogP contribution in [0.5, 0.6) is 0 Å². The van der Waals surface area contributed by atoms with E-state index in [1.165, 1.54) is 24.2 Å². The van der Waals surface area contributed by atoms with Crippen molar-refractivity contribution in [3.63, 3.8) is 0 Å². The molecule has 2 heterocycles. The minimum absolute atomic E-state index is 0.194. The van der Waals surface area contributed by atoms with Gasteiger partial charge in [-0.25, -0.2) is 19.3 Å². The molecule has 4 rings (SSSR count). The van der Waals surface area contributed by atoms with Crippen LogP contribution in [0.4, 0.5) is 4.39 Å². The zero-order valence-corrected chi connectivity index (χ0v) is 15.1. The molecule has 9 heteroatoms. The molecule has 2 aromatic heterocycles. The molecule has 1 saturated carbocycles. The summed E-state index contributed by atoms with van der Waals surface area (Å²) in [6.45, 7) is -0.194. The Morgan fingerprint density at radius 3 is 2.70 bits per heavy atom. The maximum atomic E-state index is 13.8. The highest BCUT2D eigenvalue weighted by Crippen LogP contribution is 2.37. The third-order valence-corrected chi connectivity index (χ3v) is 6.04. The lowest BCUT2D eigenvalue weighted by Gasteiger charge is -2.18. The number of fused-ring (bicyclic) bond motifs is 1. The molecule has 27 heavy (non-hydrogen) atoms. The highest BCUT2D eigenvalue weighted by molar-refractivity contribution is 7.98. The zero-order chi connectivity index (χ0) is 19.0. The van der Waals surface area contributed by atoms with Gasteiger partial charge in [-0.3, -0.25) is 0 Å². The van der Waals surface area contributed by atoms with Crippen molar-refractivity contribution >= 4 is 22.9 Å². The number of hydrogen-bond donors (Lipinski definition) is 3. The van der Waals surface area contributed by atoms with Crippen molar-refractivity contribution in [1.82, 2.24) is 19.5 Å². The molecule has 1 aliphatic rings. The number of aliphatic hydroxyl groups excluding tert-OH is 3. The van der Waals surface area contributed by atoms with E-state index in [0.29, 0.717) is 33.9 Å². The summed E-state index contributed by atoms with van der Waals surface area (Å²) in [7, 11) is 0. The Kier molecular flexibility index (Phi) is 5.09. The molecule has 4 atom stereocenters. The van der Waals surface area contributed by atoms with Crippen molar-refractivity contribution in [1.29, 1.82) is 0 Å². The third kappa shape index (κ3) is 3.31. The Hall–Kier alpha value is -2.07. The monoisotopic (exact) mass is 390 g/mol. The number of aliphatic hydroxyl groups is 3. The maximum absolute atomic E-state index is 13.8. The van der Waals surface area contributed by atoms with E-state index in [-0.39, 0.29) is 18.3 Å². The van der Waals surface area contributed by atoms with Gasteiger partial charge in [0.25, 0.3) is 0 Å². The summed E-state index contributed by atoms with van der Waals surface area (Å²) in [5.74, 6) is -0.249. The first-order valence-corrected chi connectivity index (χ1v) is 9.59. The first-order chi connectivity index (χ1) is 13.1. The van der Waals surface area contributed by atoms with Gasteiger partial charge in [0, 0.05) is 18.3 Å². The average Bonchev–Trinajstić information content (AvgIpc) is 3.23. The van der Waals surface area contributed by atoms with Crippen molar-refractivity contribution in [3.8, 4) is 0 Å². The maximum Gasteiger partial charge on any atom is 0.164 e. The van der Waals surface area contributed by atoms with E-state index in [2.05, 4.69) is 15.0 Å². The van der Waals surface area contributed by atoms with Gasteiger partial charge in [-0.05, 0) is 18.1 Å². The van der Waals surface area contributed by atoms with Gasteiger partial charge in [-0.1, -0.05) is 30.0 Å². The molecule has 0 spiro atoms. The molecular formula is C18H19FN4O3S. The van der Waals surface area contributed by atoms with Crippen LogP contribution in [0.1, 0.15) is 18.0 Å². The van der Waals surface area contributed by atoms with E-state index < -0.39 is 18.2 Å². The molecule has 0 amide bonds. The minimum Gasteiger partial charge on any atom is -0.396 e. The lowest BCUT2D eigenvalue weighted by Crippen LogP contribution is -2.30. The number of nitrogens with zero attached hydrogens (tertiary/aromatic N) is 4. The molecule has 1 fully saturated rings. The van der Waals surface area contributed by atoms with E-state index in [4.69, 9.17) is 0 Å². The topological polar surface area (TPSA) is 104 Å². The standard InChI is InChI=1S/C18H19FN4O3S/c19-12-4-2-1-3-10(12)7-27-18-14-17(20-8-21-18)23(9-22-14)13-5-11(6-24)15(25)16(13)26/h1-4,8-9,11,13,15-16,24-26H,5-7H2/t11-,13-,15-,16+/m1/s1. The summed E-state index contributed by atoms with van der Waals surface area (Å²) in [6.07, 6.45) is 1.39. The van der Waals surface area contributed by atoms with E-state index in [1.54, 1.807) is 29.1 Å². The quantitative estimate of drug-likeness (QED) is 0.448. The summed E-state index contributed by atoms with van der Waals surface area (Å²) in [5, 5.41) is 30.4. The van der Waals surface area contributed by atoms with Crippen molar-refractivity contribution in [2.45, 2.75) is 35.4 Å². The largest absolute Gasteiger partial charge is 0.396 e. The van der Waals surface area contributed by atoms with Crippen molar-refractivity contribution in [2.24, 2.45) is 5.92 Å². The lowest BCUT2D eigenvalue weighted by atomic mass is 10.1. The molecule has 0 aliphatic heterocycles. The number of benzene rings is 1. The molecule has 0 unspecified atom stereocenters. The van der Waals surface area contributed by atoms with Crippen LogP contribution in [0, 0.1) is 11.7 Å². The second-order valence-electron chi connectivity index (χ2n) is 6.61. The van der Waals surface area contributed by atoms with Crippen LogP contribution in [-0.2, 0) is 5.75 Å². The number of rotatable bonds is 5. The predicted molar refractivity (Wildman–Crippen MR) is 97.5 cm³/mol. The third-order valence-electron chi connectivity index (χ3n) is 5.01. The number of thioether (sulfide) groups is 1. The Balaban J connectivity index is 1.61. The summed E-state index contributed by atoms with van der Waals surface area (Å²) >= 11 is 1.36. The number of aromatic nitrogens is 4. The molecule has 7 nitrogen and oxygen atoms in total. The fourth-order valence-electron chi connectivity index (χ4n) is 3.50. The van der Waals surface area contributed by atoms with Crippen LogP contribution in [0.3, 0.4) is 0 Å². The molecule has 142 valence electrons. The van der Waals surface area contributed by atoms with Crippen molar-refractivity contribution < 1.29 is 19.7 Å². The van der Waals surface area contributed by atoms with Gasteiger partial charge in [0.1, 0.15) is 28.8 Å². The lowest BCUT2D eigenvalue weighted by molar-refractivity contribution is -0.00370. The summed E-state index contributed by atoms with van der Waals surface area (Å²) < 4.78 is 15.5. The van der Waals surface area contributed by atoms with Crippen molar-refractivity contribution in [3.05, 3.63) is 48.3 Å². The molecule has 0 bridgehead atoms. The van der Waals surface area contributed by atoms with E-state index in [1.807, 2.05) is 0 Å². The molecular weight excluding hydrogens is 371 g/mol. The Morgan fingerprint density at radius 2 is 1.96 bits per heavy atom. The first kappa shape index (κ1) is 18.3. The van der Waals surface area contributed by atoms with Crippen molar-refractivity contribution in [2.75, 3.05) is 6.61 Å². The van der Waals surface area contributed by atoms with Crippen LogP contribution in [0.25, 0.3) is 11.2 Å². The predicted octanol–water partition coefficient (Wildman–Crippen LogP) is 1.53. The molecule has 3 aromatic rings. The summed E-state index contributed by atoms with van der Waals surface area (Å²) in [6, 6.07) is 6.15. The van der Waals surface area contributed by atoms with E-state index in [0.717, 1.165) is 0 Å². The van der Waals surface area contributed by atoms with Gasteiger partial charge in [0.05, 0.1) is 18.5 Å². The van der Waals surface area contributed by atoms with Gasteiger partial charge in [-0.2, -0.15) is 0 Å². The number of hydrogen-bond acceptors (Lipinski definition) is 7. The second kappa shape index (κ2) is 7.51. The smallest absolute Gasteiger partial charge is 0.164 e. The second-order valence-corrected chi connectivity index (χ2v) is 7.57. The van der Waals surface area contributed by atoms with Crippen LogP contribution in [0.2, 0.25) is 0 Å². The Bertz CT molecular complexity index is 953. The van der Waals surface area contributed by atoms with Gasteiger partial charge >= 0.3 is 0 Å². The average molecular weight is 390 g/mol. The molecule has 3 N–H and O–H groups in total. The normalized spacial score (nSPS) is 25.3. The van der Waals surface area contributed by atoms with Gasteiger partial charge < -0.3 is 19.9 Å². The SMILES string of the molecule is OC[C@H]1C[C@@H](n2cnc3c(SCc4ccccc4F)ncnc32)[C@H](O)[C@@H]1O. The number of imidazole rings is 1. The van der Waals surface area contributed by atoms with Crippen LogP contribution in [-0.4, -0.2) is 53.7 Å². The Morgan fingerprint density at radius 1 is 1.15 bits per heavy atom. The minimum atomic E-state index is -1.01. The molecule has 0 radical (unpaired) electrons. The van der Waals surface area contributed by atoms with Gasteiger partial charge in [0.2, 0.25) is 0 Å². The van der Waals surface area contributed by atoms with E-state index >= 15 is 0 Å². The molecule has 1 aromatic carbocycles. The summed E-state index contributed by atoms with van der Waals surface area (Å²) in [5.41, 5.74) is 1.68. The van der Waals surface area contributed by atoms with Gasteiger partial charge in [0.15, 0.2) is 5.65 Å². The number of halogens is 1. The highest BCUT2D eigenvalue weighted by Gasteiger charge is 2.42. The summed E-state index contributed by atoms with van der Waals surface area (Å²) in [4.78, 5) is 12.9. The van der Waals surface area contributed by atoms with Gasteiger partial charge in [-0.15, -0.1) is 0 Å². The fourth-order valence-corrected chi connectivity index (χ4v) is 4.43. The van der Waals surface area contributed by atoms with Crippen LogP contribution in [0.15, 0.2) is 41.9 Å². The highest BCUT2D eigenvalue weighted by atomic mass is 32.2. The molecule has 1 aliphatic carbocycles. The fraction of sp³-hybridized carbons (Fsp3) is 0.389.